The van der Waals surface area contributed by atoms with Crippen LogP contribution in [-0.2, 0) is 4.79 Å². The zero-order valence-corrected chi connectivity index (χ0v) is 12.6. The monoisotopic (exact) mass is 275 g/mol. The molecule has 1 aliphatic heterocycles. The van der Waals surface area contributed by atoms with Gasteiger partial charge in [-0.25, -0.2) is 0 Å². The summed E-state index contributed by atoms with van der Waals surface area (Å²) in [6, 6.07) is 7.90. The average Bonchev–Trinajstić information content (AvgIpc) is 2.73. The Morgan fingerprint density at radius 1 is 1.25 bits per heavy atom. The molecule has 1 aromatic rings. The van der Waals surface area contributed by atoms with Gasteiger partial charge in [0, 0.05) is 13.1 Å². The van der Waals surface area contributed by atoms with E-state index in [0.29, 0.717) is 6.42 Å². The van der Waals surface area contributed by atoms with Gasteiger partial charge in [-0.05, 0) is 43.9 Å². The molecule has 0 spiro atoms. The highest BCUT2D eigenvalue weighted by atomic mass is 16.5. The zero-order chi connectivity index (χ0) is 14.4. The summed E-state index contributed by atoms with van der Waals surface area (Å²) in [5.74, 6) is 0.941. The maximum atomic E-state index is 12.6. The number of carbonyl (C=O) groups is 1. The van der Waals surface area contributed by atoms with Gasteiger partial charge in [-0.3, -0.25) is 4.79 Å². The summed E-state index contributed by atoms with van der Waals surface area (Å²) in [7, 11) is 0. The minimum atomic E-state index is -0.352. The molecule has 0 N–H and O–H groups in total. The number of aryl methyl sites for hydroxylation is 1. The topological polar surface area (TPSA) is 29.5 Å². The molecule has 1 saturated heterocycles. The minimum absolute atomic E-state index is 0.149. The Labute approximate surface area is 121 Å². The van der Waals surface area contributed by atoms with Gasteiger partial charge in [0.05, 0.1) is 0 Å². The smallest absolute Gasteiger partial charge is 0.263 e. The first-order valence-corrected chi connectivity index (χ1v) is 7.73. The Morgan fingerprint density at radius 3 is 2.55 bits per heavy atom. The summed E-state index contributed by atoms with van der Waals surface area (Å²) >= 11 is 0. The van der Waals surface area contributed by atoms with Crippen LogP contribution >= 0.6 is 0 Å². The summed E-state index contributed by atoms with van der Waals surface area (Å²) in [4.78, 5) is 14.6. The van der Waals surface area contributed by atoms with Crippen molar-refractivity contribution in [2.45, 2.75) is 52.1 Å². The van der Waals surface area contributed by atoms with E-state index in [9.17, 15) is 4.79 Å². The normalized spacial score (nSPS) is 17.4. The number of rotatable bonds is 4. The number of carbonyl (C=O) groups excluding carboxylic acids is 1. The lowest BCUT2D eigenvalue weighted by Gasteiger charge is -2.26. The van der Waals surface area contributed by atoms with E-state index in [1.807, 2.05) is 43.0 Å². The molecule has 0 aliphatic carbocycles. The van der Waals surface area contributed by atoms with Crippen LogP contribution in [0.1, 0.15) is 44.6 Å². The highest BCUT2D eigenvalue weighted by Crippen LogP contribution is 2.18. The first-order chi connectivity index (χ1) is 9.70. The fourth-order valence-electron chi connectivity index (χ4n) is 2.66. The Hall–Kier alpha value is -1.51. The quantitative estimate of drug-likeness (QED) is 0.841. The first-order valence-electron chi connectivity index (χ1n) is 7.73. The van der Waals surface area contributed by atoms with Crippen LogP contribution in [0.2, 0.25) is 0 Å². The summed E-state index contributed by atoms with van der Waals surface area (Å²) in [5, 5.41) is 0. The van der Waals surface area contributed by atoms with Crippen molar-refractivity contribution in [2.75, 3.05) is 13.1 Å². The third-order valence-electron chi connectivity index (χ3n) is 3.83. The molecule has 0 saturated carbocycles. The summed E-state index contributed by atoms with van der Waals surface area (Å²) in [6.45, 7) is 5.81. The third kappa shape index (κ3) is 3.99. The lowest BCUT2D eigenvalue weighted by molar-refractivity contribution is -0.138. The van der Waals surface area contributed by atoms with Crippen LogP contribution in [0, 0.1) is 6.92 Å². The van der Waals surface area contributed by atoms with Crippen molar-refractivity contribution in [1.29, 1.82) is 0 Å². The number of hydrogen-bond acceptors (Lipinski definition) is 2. The lowest BCUT2D eigenvalue weighted by atomic mass is 10.2. The van der Waals surface area contributed by atoms with Crippen LogP contribution in [0.4, 0.5) is 0 Å². The fraction of sp³-hybridized carbons (Fsp3) is 0.588. The molecule has 1 amide bonds. The molecule has 1 fully saturated rings. The minimum Gasteiger partial charge on any atom is -0.481 e. The summed E-state index contributed by atoms with van der Waals surface area (Å²) in [6.07, 6.45) is 5.07. The molecule has 3 heteroatoms. The van der Waals surface area contributed by atoms with Crippen LogP contribution in [0.15, 0.2) is 24.3 Å². The highest BCUT2D eigenvalue weighted by Gasteiger charge is 2.25. The Balaban J connectivity index is 2.01. The highest BCUT2D eigenvalue weighted by molar-refractivity contribution is 5.81. The van der Waals surface area contributed by atoms with Gasteiger partial charge in [0.15, 0.2) is 6.10 Å². The standard InChI is InChI=1S/C17H25NO2/c1-3-16(20-15-10-8-9-14(2)13-15)17(19)18-11-6-4-5-7-12-18/h8-10,13,16H,3-7,11-12H2,1-2H3/t16-/m1/s1. The fourth-order valence-corrected chi connectivity index (χ4v) is 2.66. The van der Waals surface area contributed by atoms with Gasteiger partial charge in [0.1, 0.15) is 5.75 Å². The molecule has 20 heavy (non-hydrogen) atoms. The van der Waals surface area contributed by atoms with Crippen LogP contribution in [0.3, 0.4) is 0 Å². The Morgan fingerprint density at radius 2 is 1.95 bits per heavy atom. The van der Waals surface area contributed by atoms with Crippen molar-refractivity contribution in [3.63, 3.8) is 0 Å². The van der Waals surface area contributed by atoms with Crippen molar-refractivity contribution in [2.24, 2.45) is 0 Å². The molecular weight excluding hydrogens is 250 g/mol. The predicted octanol–water partition coefficient (Wildman–Crippen LogP) is 3.56. The maximum absolute atomic E-state index is 12.6. The SMILES string of the molecule is CC[C@@H](Oc1cccc(C)c1)C(=O)N1CCCCCC1. The Kier molecular flexibility index (Phi) is 5.45. The molecule has 0 unspecified atom stereocenters. The van der Waals surface area contributed by atoms with Gasteiger partial charge in [-0.15, -0.1) is 0 Å². The van der Waals surface area contributed by atoms with Gasteiger partial charge in [-0.1, -0.05) is 31.9 Å². The molecule has 3 nitrogen and oxygen atoms in total. The van der Waals surface area contributed by atoms with E-state index < -0.39 is 0 Å². The molecule has 1 heterocycles. The van der Waals surface area contributed by atoms with Crippen molar-refractivity contribution in [1.82, 2.24) is 4.90 Å². The Bertz CT molecular complexity index is 436. The second kappa shape index (κ2) is 7.32. The van der Waals surface area contributed by atoms with Crippen molar-refractivity contribution >= 4 is 5.91 Å². The van der Waals surface area contributed by atoms with Gasteiger partial charge in [0.25, 0.3) is 5.91 Å². The van der Waals surface area contributed by atoms with E-state index in [0.717, 1.165) is 37.2 Å². The van der Waals surface area contributed by atoms with Crippen LogP contribution < -0.4 is 4.74 Å². The van der Waals surface area contributed by atoms with E-state index >= 15 is 0 Å². The number of nitrogens with zero attached hydrogens (tertiary/aromatic N) is 1. The molecular formula is C17H25NO2. The lowest BCUT2D eigenvalue weighted by Crippen LogP contribution is -2.42. The van der Waals surface area contributed by atoms with Crippen LogP contribution in [0.5, 0.6) is 5.75 Å². The van der Waals surface area contributed by atoms with E-state index in [1.54, 1.807) is 0 Å². The maximum Gasteiger partial charge on any atom is 0.263 e. The number of likely N-dealkylation sites (tertiary alicyclic amines) is 1. The van der Waals surface area contributed by atoms with Gasteiger partial charge in [-0.2, -0.15) is 0 Å². The number of ether oxygens (including phenoxy) is 1. The predicted molar refractivity (Wildman–Crippen MR) is 80.9 cm³/mol. The number of benzene rings is 1. The molecule has 1 aromatic carbocycles. The first kappa shape index (κ1) is 14.9. The van der Waals surface area contributed by atoms with Crippen LogP contribution in [-0.4, -0.2) is 30.0 Å². The van der Waals surface area contributed by atoms with Gasteiger partial charge in [0.2, 0.25) is 0 Å². The van der Waals surface area contributed by atoms with Crippen LogP contribution in [0.25, 0.3) is 0 Å². The number of amides is 1. The van der Waals surface area contributed by atoms with Crippen molar-refractivity contribution in [3.05, 3.63) is 29.8 Å². The summed E-state index contributed by atoms with van der Waals surface area (Å²) < 4.78 is 5.91. The largest absolute Gasteiger partial charge is 0.481 e. The summed E-state index contributed by atoms with van der Waals surface area (Å²) in [5.41, 5.74) is 1.15. The van der Waals surface area contributed by atoms with E-state index in [1.165, 1.54) is 12.8 Å². The molecule has 0 aromatic heterocycles. The molecule has 1 atom stereocenters. The molecule has 110 valence electrons. The zero-order valence-electron chi connectivity index (χ0n) is 12.6. The molecule has 1 aliphatic rings. The second-order valence-electron chi connectivity index (χ2n) is 5.57. The number of hydrogen-bond donors (Lipinski definition) is 0. The molecule has 0 radical (unpaired) electrons. The molecule has 0 bridgehead atoms. The van der Waals surface area contributed by atoms with E-state index in [4.69, 9.17) is 4.74 Å². The second-order valence-corrected chi connectivity index (χ2v) is 5.57. The van der Waals surface area contributed by atoms with Crippen molar-refractivity contribution in [3.8, 4) is 5.75 Å². The molecule has 2 rings (SSSR count). The van der Waals surface area contributed by atoms with Gasteiger partial charge < -0.3 is 9.64 Å². The average molecular weight is 275 g/mol. The third-order valence-corrected chi connectivity index (χ3v) is 3.83. The van der Waals surface area contributed by atoms with Gasteiger partial charge >= 0.3 is 0 Å². The van der Waals surface area contributed by atoms with E-state index in [-0.39, 0.29) is 12.0 Å². The van der Waals surface area contributed by atoms with E-state index in [2.05, 4.69) is 0 Å². The van der Waals surface area contributed by atoms with Crippen molar-refractivity contribution < 1.29 is 9.53 Å².